The Hall–Kier alpha value is -3.24. The number of aryl methyl sites for hydroxylation is 1. The number of benzene rings is 3. The number of aliphatic hydroxyl groups is 1. The minimum atomic E-state index is -0.0958. The summed E-state index contributed by atoms with van der Waals surface area (Å²) in [5, 5.41) is 18.9. The zero-order chi connectivity index (χ0) is 17.9. The summed E-state index contributed by atoms with van der Waals surface area (Å²) in [5.41, 5.74) is 6.51. The fraction of sp³-hybridized carbons (Fsp3) is 0.0909. The second kappa shape index (κ2) is 6.94. The molecule has 1 heterocycles. The van der Waals surface area contributed by atoms with Gasteiger partial charge in [-0.2, -0.15) is 0 Å². The van der Waals surface area contributed by atoms with Crippen LogP contribution in [0.2, 0.25) is 0 Å². The highest BCUT2D eigenvalue weighted by atomic mass is 16.3. The predicted molar refractivity (Wildman–Crippen MR) is 104 cm³/mol. The van der Waals surface area contributed by atoms with E-state index < -0.39 is 0 Å². The number of hydrogen-bond donors (Lipinski definition) is 1. The predicted octanol–water partition coefficient (Wildman–Crippen LogP) is 4.15. The molecule has 0 atom stereocenters. The first-order chi connectivity index (χ1) is 12.8. The molecule has 0 bridgehead atoms. The Morgan fingerprint density at radius 2 is 1.54 bits per heavy atom. The zero-order valence-electron chi connectivity index (χ0n) is 14.5. The molecule has 4 heteroatoms. The highest BCUT2D eigenvalue weighted by Crippen LogP contribution is 2.29. The van der Waals surface area contributed by atoms with Crippen molar-refractivity contribution >= 4 is 22.3 Å². The average Bonchev–Trinajstić information content (AvgIpc) is 3.11. The lowest BCUT2D eigenvalue weighted by Crippen LogP contribution is -2.07. The summed E-state index contributed by atoms with van der Waals surface area (Å²) in [7, 11) is 0. The van der Waals surface area contributed by atoms with Crippen LogP contribution >= 0.6 is 0 Å². The molecule has 4 rings (SSSR count). The van der Waals surface area contributed by atoms with Crippen molar-refractivity contribution in [2.24, 2.45) is 0 Å². The van der Waals surface area contributed by atoms with Crippen LogP contribution in [0, 0.1) is 6.92 Å². The van der Waals surface area contributed by atoms with Crippen molar-refractivity contribution < 1.29 is 5.11 Å². The van der Waals surface area contributed by atoms with Crippen molar-refractivity contribution in [3.8, 4) is 0 Å². The molecule has 0 saturated carbocycles. The molecule has 1 N–H and O–H groups in total. The molecule has 128 valence electrons. The van der Waals surface area contributed by atoms with Gasteiger partial charge in [-0.25, -0.2) is 4.68 Å². The zero-order valence-corrected chi connectivity index (χ0v) is 14.5. The van der Waals surface area contributed by atoms with Gasteiger partial charge in [0, 0.05) is 11.1 Å². The van der Waals surface area contributed by atoms with Crippen molar-refractivity contribution in [3.63, 3.8) is 0 Å². The summed E-state index contributed by atoms with van der Waals surface area (Å²) in [6, 6.07) is 26.0. The van der Waals surface area contributed by atoms with Gasteiger partial charge in [0.25, 0.3) is 0 Å². The first kappa shape index (κ1) is 16.2. The fourth-order valence-corrected chi connectivity index (χ4v) is 3.11. The molecule has 0 fully saturated rings. The molecule has 0 amide bonds. The molecule has 0 unspecified atom stereocenters. The molecular weight excluding hydrogens is 322 g/mol. The molecule has 0 aliphatic rings. The molecule has 0 aliphatic heterocycles. The van der Waals surface area contributed by atoms with Crippen LogP contribution in [0.1, 0.15) is 16.7 Å². The quantitative estimate of drug-likeness (QED) is 0.567. The van der Waals surface area contributed by atoms with E-state index >= 15 is 0 Å². The second-order valence-corrected chi connectivity index (χ2v) is 6.21. The van der Waals surface area contributed by atoms with E-state index in [-0.39, 0.29) is 6.61 Å². The summed E-state index contributed by atoms with van der Waals surface area (Å²) >= 11 is 0. The van der Waals surface area contributed by atoms with Crippen LogP contribution in [0.15, 0.2) is 78.9 Å². The van der Waals surface area contributed by atoms with Crippen molar-refractivity contribution in [3.05, 3.63) is 95.6 Å². The Labute approximate surface area is 152 Å². The van der Waals surface area contributed by atoms with Gasteiger partial charge in [-0.05, 0) is 24.6 Å². The molecule has 0 spiro atoms. The molecular formula is C22H19N3O. The lowest BCUT2D eigenvalue weighted by Gasteiger charge is -2.15. The normalized spacial score (nSPS) is 12.2. The van der Waals surface area contributed by atoms with Crippen LogP contribution in [0.5, 0.6) is 0 Å². The van der Waals surface area contributed by atoms with Crippen molar-refractivity contribution in [1.29, 1.82) is 0 Å². The number of fused-ring (bicyclic) bond motifs is 1. The molecule has 26 heavy (non-hydrogen) atoms. The van der Waals surface area contributed by atoms with E-state index in [0.29, 0.717) is 0 Å². The van der Waals surface area contributed by atoms with Crippen LogP contribution in [0.25, 0.3) is 22.3 Å². The largest absolute Gasteiger partial charge is 0.392 e. The van der Waals surface area contributed by atoms with Crippen LogP contribution < -0.4 is 0 Å². The Morgan fingerprint density at radius 1 is 0.846 bits per heavy atom. The van der Waals surface area contributed by atoms with Gasteiger partial charge in [-0.1, -0.05) is 77.5 Å². The van der Waals surface area contributed by atoms with Crippen LogP contribution in [-0.4, -0.2) is 26.7 Å². The van der Waals surface area contributed by atoms with Gasteiger partial charge < -0.3 is 5.11 Å². The number of aliphatic hydroxyl groups excluding tert-OH is 1. The maximum absolute atomic E-state index is 10.2. The summed E-state index contributed by atoms with van der Waals surface area (Å²) in [5.74, 6) is 0. The third kappa shape index (κ3) is 2.91. The van der Waals surface area contributed by atoms with Gasteiger partial charge in [0.15, 0.2) is 0 Å². The standard InChI is InChI=1S/C22H19N3O/c1-16-11-13-17(14-12-16)19(15-26)22(18-7-3-2-4-8-18)25-21-10-6-5-9-20(21)23-24-25/h2-14,26H,15H2,1H3/b22-19+. The Kier molecular flexibility index (Phi) is 4.33. The summed E-state index contributed by atoms with van der Waals surface area (Å²) in [6.45, 7) is 1.95. The topological polar surface area (TPSA) is 50.9 Å². The smallest absolute Gasteiger partial charge is 0.113 e. The first-order valence-corrected chi connectivity index (χ1v) is 8.55. The molecule has 0 aliphatic carbocycles. The number of nitrogens with zero attached hydrogens (tertiary/aromatic N) is 3. The van der Waals surface area contributed by atoms with E-state index in [9.17, 15) is 5.11 Å². The minimum absolute atomic E-state index is 0.0958. The fourth-order valence-electron chi connectivity index (χ4n) is 3.11. The maximum atomic E-state index is 10.2. The second-order valence-electron chi connectivity index (χ2n) is 6.21. The Balaban J connectivity index is 2.03. The van der Waals surface area contributed by atoms with Crippen molar-refractivity contribution in [2.45, 2.75) is 6.92 Å². The Morgan fingerprint density at radius 3 is 2.27 bits per heavy atom. The highest BCUT2D eigenvalue weighted by Gasteiger charge is 2.17. The molecule has 1 aromatic heterocycles. The third-order valence-corrected chi connectivity index (χ3v) is 4.45. The third-order valence-electron chi connectivity index (χ3n) is 4.45. The van der Waals surface area contributed by atoms with Gasteiger partial charge >= 0.3 is 0 Å². The van der Waals surface area contributed by atoms with E-state index in [0.717, 1.165) is 33.4 Å². The summed E-state index contributed by atoms with van der Waals surface area (Å²) in [6.07, 6.45) is 0. The van der Waals surface area contributed by atoms with E-state index in [1.165, 1.54) is 5.56 Å². The van der Waals surface area contributed by atoms with Crippen LogP contribution in [0.4, 0.5) is 0 Å². The Bertz CT molecular complexity index is 1060. The molecule has 0 saturated heterocycles. The minimum Gasteiger partial charge on any atom is -0.392 e. The monoisotopic (exact) mass is 341 g/mol. The number of rotatable bonds is 4. The number of hydrogen-bond acceptors (Lipinski definition) is 3. The summed E-state index contributed by atoms with van der Waals surface area (Å²) in [4.78, 5) is 0. The van der Waals surface area contributed by atoms with E-state index in [2.05, 4.69) is 17.2 Å². The average molecular weight is 341 g/mol. The lowest BCUT2D eigenvalue weighted by atomic mass is 9.99. The van der Waals surface area contributed by atoms with E-state index in [1.54, 1.807) is 0 Å². The highest BCUT2D eigenvalue weighted by molar-refractivity contribution is 5.94. The molecule has 0 radical (unpaired) electrons. The number of para-hydroxylation sites is 1. The van der Waals surface area contributed by atoms with Gasteiger partial charge in [-0.3, -0.25) is 0 Å². The van der Waals surface area contributed by atoms with Gasteiger partial charge in [-0.15, -0.1) is 5.10 Å². The first-order valence-electron chi connectivity index (χ1n) is 8.55. The molecule has 3 aromatic carbocycles. The van der Waals surface area contributed by atoms with E-state index in [4.69, 9.17) is 0 Å². The lowest BCUT2D eigenvalue weighted by molar-refractivity contribution is 0.350. The summed E-state index contributed by atoms with van der Waals surface area (Å²) < 4.78 is 1.82. The van der Waals surface area contributed by atoms with Gasteiger partial charge in [0.05, 0.1) is 17.8 Å². The van der Waals surface area contributed by atoms with Gasteiger partial charge in [0.2, 0.25) is 0 Å². The molecule has 4 aromatic rings. The van der Waals surface area contributed by atoms with Crippen molar-refractivity contribution in [2.75, 3.05) is 6.61 Å². The SMILES string of the molecule is Cc1ccc(/C(CO)=C(\c2ccccc2)n2nnc3ccccc32)cc1. The van der Waals surface area contributed by atoms with Crippen LogP contribution in [0.3, 0.4) is 0 Å². The van der Waals surface area contributed by atoms with Crippen molar-refractivity contribution in [1.82, 2.24) is 15.0 Å². The van der Waals surface area contributed by atoms with Crippen LogP contribution in [-0.2, 0) is 0 Å². The van der Waals surface area contributed by atoms with Gasteiger partial charge in [0.1, 0.15) is 5.52 Å². The maximum Gasteiger partial charge on any atom is 0.113 e. The number of aromatic nitrogens is 3. The molecule has 4 nitrogen and oxygen atoms in total. The van der Waals surface area contributed by atoms with E-state index in [1.807, 2.05) is 83.5 Å².